The second kappa shape index (κ2) is 6.77. The number of fused-ring (bicyclic) bond motifs is 4. The second-order valence-electron chi connectivity index (χ2n) is 8.09. The van der Waals surface area contributed by atoms with E-state index < -0.39 is 7.14 Å². The zero-order chi connectivity index (χ0) is 21.0. The van der Waals surface area contributed by atoms with Crippen LogP contribution in [-0.2, 0) is 4.57 Å². The van der Waals surface area contributed by atoms with Gasteiger partial charge >= 0.3 is 0 Å². The molecule has 1 aromatic heterocycles. The Hall–Kier alpha value is -3.48. The molecular formula is C28H20NOP. The van der Waals surface area contributed by atoms with E-state index in [4.69, 9.17) is 0 Å². The molecule has 148 valence electrons. The summed E-state index contributed by atoms with van der Waals surface area (Å²) in [5, 5.41) is 4.28. The van der Waals surface area contributed by atoms with Gasteiger partial charge < -0.3 is 4.57 Å². The van der Waals surface area contributed by atoms with Crippen molar-refractivity contribution >= 4 is 28.5 Å². The SMILES string of the molecule is CP1(=O)c2ccccc2-c2cccc(-c3ccc4ccccc4c3-c3cccnc3)c21. The van der Waals surface area contributed by atoms with Crippen LogP contribution >= 0.6 is 7.14 Å². The van der Waals surface area contributed by atoms with Crippen molar-refractivity contribution in [2.45, 2.75) is 0 Å². The van der Waals surface area contributed by atoms with Gasteiger partial charge in [0.2, 0.25) is 0 Å². The number of hydrogen-bond acceptors (Lipinski definition) is 2. The summed E-state index contributed by atoms with van der Waals surface area (Å²) in [4.78, 5) is 4.38. The molecule has 0 radical (unpaired) electrons. The molecule has 31 heavy (non-hydrogen) atoms. The molecule has 0 aliphatic carbocycles. The molecule has 5 aromatic rings. The summed E-state index contributed by atoms with van der Waals surface area (Å²) < 4.78 is 14.2. The molecule has 0 fully saturated rings. The minimum absolute atomic E-state index is 0.959. The monoisotopic (exact) mass is 417 g/mol. The Morgan fingerprint density at radius 2 is 1.42 bits per heavy atom. The lowest BCUT2D eigenvalue weighted by Gasteiger charge is -2.18. The van der Waals surface area contributed by atoms with E-state index in [9.17, 15) is 4.57 Å². The first-order valence-electron chi connectivity index (χ1n) is 10.4. The van der Waals surface area contributed by atoms with E-state index in [0.29, 0.717) is 0 Å². The van der Waals surface area contributed by atoms with Crippen LogP contribution in [-0.4, -0.2) is 11.6 Å². The summed E-state index contributed by atoms with van der Waals surface area (Å²) in [7, 11) is -2.71. The van der Waals surface area contributed by atoms with Crippen molar-refractivity contribution in [3.8, 4) is 33.4 Å². The van der Waals surface area contributed by atoms with Gasteiger partial charge in [-0.2, -0.15) is 0 Å². The van der Waals surface area contributed by atoms with E-state index >= 15 is 0 Å². The highest BCUT2D eigenvalue weighted by molar-refractivity contribution is 7.79. The maximum Gasteiger partial charge on any atom is 0.142 e. The number of pyridine rings is 1. The van der Waals surface area contributed by atoms with Gasteiger partial charge in [-0.3, -0.25) is 4.98 Å². The van der Waals surface area contributed by atoms with Gasteiger partial charge in [0.1, 0.15) is 7.14 Å². The summed E-state index contributed by atoms with van der Waals surface area (Å²) in [5.41, 5.74) is 6.52. The molecule has 4 aromatic carbocycles. The van der Waals surface area contributed by atoms with Gasteiger partial charge in [0.15, 0.2) is 0 Å². The molecule has 3 heteroatoms. The molecule has 1 aliphatic rings. The molecule has 0 bridgehead atoms. The maximum absolute atomic E-state index is 14.2. The van der Waals surface area contributed by atoms with E-state index in [0.717, 1.165) is 44.0 Å². The molecule has 2 heterocycles. The molecular weight excluding hydrogens is 397 g/mol. The van der Waals surface area contributed by atoms with Crippen LogP contribution in [0.4, 0.5) is 0 Å². The third kappa shape index (κ3) is 2.65. The Labute approximate surface area is 181 Å². The van der Waals surface area contributed by atoms with Gasteiger partial charge in [-0.1, -0.05) is 84.9 Å². The highest BCUT2D eigenvalue weighted by atomic mass is 31.2. The third-order valence-corrected chi connectivity index (χ3v) is 8.93. The molecule has 1 aliphatic heterocycles. The van der Waals surface area contributed by atoms with Crippen LogP contribution in [0.5, 0.6) is 0 Å². The summed E-state index contributed by atoms with van der Waals surface area (Å²) in [6.07, 6.45) is 3.71. The summed E-state index contributed by atoms with van der Waals surface area (Å²) >= 11 is 0. The standard InChI is InChI=1S/C28H20NOP/c1-31(30)26-14-5-4-11-22(26)24-12-6-13-25(28(24)31)23-16-15-19-8-2-3-10-21(19)27(23)20-9-7-17-29-18-20/h2-18H,1H3. The van der Waals surface area contributed by atoms with Crippen molar-refractivity contribution in [1.29, 1.82) is 0 Å². The summed E-state index contributed by atoms with van der Waals surface area (Å²) in [6, 6.07) is 31.2. The van der Waals surface area contributed by atoms with Gasteiger partial charge in [0.05, 0.1) is 0 Å². The summed E-state index contributed by atoms with van der Waals surface area (Å²) in [5.74, 6) is 0. The maximum atomic E-state index is 14.2. The lowest BCUT2D eigenvalue weighted by molar-refractivity contribution is 0.591. The Morgan fingerprint density at radius 1 is 0.677 bits per heavy atom. The van der Waals surface area contributed by atoms with Crippen molar-refractivity contribution in [1.82, 2.24) is 4.98 Å². The fourth-order valence-corrected chi connectivity index (χ4v) is 7.52. The first-order chi connectivity index (χ1) is 15.2. The predicted molar refractivity (Wildman–Crippen MR) is 131 cm³/mol. The van der Waals surface area contributed by atoms with E-state index in [-0.39, 0.29) is 0 Å². The van der Waals surface area contributed by atoms with Crippen LogP contribution in [0.25, 0.3) is 44.2 Å². The number of aromatic nitrogens is 1. The number of nitrogens with zero attached hydrogens (tertiary/aromatic N) is 1. The van der Waals surface area contributed by atoms with Gasteiger partial charge in [-0.05, 0) is 51.3 Å². The molecule has 0 spiro atoms. The molecule has 1 atom stereocenters. The number of benzene rings is 4. The topological polar surface area (TPSA) is 30.0 Å². The van der Waals surface area contributed by atoms with Crippen molar-refractivity contribution in [3.05, 3.63) is 103 Å². The first-order valence-corrected chi connectivity index (χ1v) is 12.6. The van der Waals surface area contributed by atoms with Crippen LogP contribution in [0.15, 0.2) is 103 Å². The van der Waals surface area contributed by atoms with E-state index in [1.165, 1.54) is 10.8 Å². The van der Waals surface area contributed by atoms with Gasteiger partial charge in [0.25, 0.3) is 0 Å². The number of hydrogen-bond donors (Lipinski definition) is 0. The smallest absolute Gasteiger partial charge is 0.142 e. The van der Waals surface area contributed by atoms with Crippen LogP contribution in [0.1, 0.15) is 0 Å². The molecule has 1 unspecified atom stereocenters. The van der Waals surface area contributed by atoms with Crippen LogP contribution < -0.4 is 10.6 Å². The molecule has 6 rings (SSSR count). The zero-order valence-electron chi connectivity index (χ0n) is 17.1. The Kier molecular flexibility index (Phi) is 4.00. The van der Waals surface area contributed by atoms with Gasteiger partial charge in [-0.25, -0.2) is 0 Å². The lowest BCUT2D eigenvalue weighted by Crippen LogP contribution is -2.11. The van der Waals surface area contributed by atoms with Crippen molar-refractivity contribution in [2.24, 2.45) is 0 Å². The molecule has 0 N–H and O–H groups in total. The Bertz CT molecular complexity index is 1520. The number of rotatable bonds is 2. The zero-order valence-corrected chi connectivity index (χ0v) is 18.0. The van der Waals surface area contributed by atoms with Crippen LogP contribution in [0.3, 0.4) is 0 Å². The fourth-order valence-electron chi connectivity index (χ4n) is 4.95. The average Bonchev–Trinajstić information content (AvgIpc) is 3.06. The lowest BCUT2D eigenvalue weighted by atomic mass is 9.89. The van der Waals surface area contributed by atoms with Crippen molar-refractivity contribution < 1.29 is 4.57 Å². The van der Waals surface area contributed by atoms with Gasteiger partial charge in [-0.15, -0.1) is 0 Å². The van der Waals surface area contributed by atoms with Crippen LogP contribution in [0, 0.1) is 0 Å². The Balaban J connectivity index is 1.73. The highest BCUT2D eigenvalue weighted by Crippen LogP contribution is 2.53. The minimum atomic E-state index is -2.71. The van der Waals surface area contributed by atoms with E-state index in [1.54, 1.807) is 6.20 Å². The fraction of sp³-hybridized carbons (Fsp3) is 0.0357. The van der Waals surface area contributed by atoms with Gasteiger partial charge in [0, 0.05) is 28.6 Å². The highest BCUT2D eigenvalue weighted by Gasteiger charge is 2.37. The molecule has 0 saturated carbocycles. The minimum Gasteiger partial charge on any atom is -0.314 e. The third-order valence-electron chi connectivity index (χ3n) is 6.29. The van der Waals surface area contributed by atoms with Crippen molar-refractivity contribution in [3.63, 3.8) is 0 Å². The second-order valence-corrected chi connectivity index (χ2v) is 10.9. The molecule has 0 saturated heterocycles. The van der Waals surface area contributed by atoms with Crippen molar-refractivity contribution in [2.75, 3.05) is 6.66 Å². The molecule has 0 amide bonds. The van der Waals surface area contributed by atoms with E-state index in [2.05, 4.69) is 71.7 Å². The van der Waals surface area contributed by atoms with E-state index in [1.807, 2.05) is 37.1 Å². The largest absolute Gasteiger partial charge is 0.314 e. The predicted octanol–water partition coefficient (Wildman–Crippen LogP) is 6.49. The van der Waals surface area contributed by atoms with Crippen LogP contribution in [0.2, 0.25) is 0 Å². The molecule has 2 nitrogen and oxygen atoms in total. The average molecular weight is 417 g/mol. The Morgan fingerprint density at radius 3 is 2.26 bits per heavy atom. The first kappa shape index (κ1) is 18.3. The normalized spacial score (nSPS) is 16.8. The quantitative estimate of drug-likeness (QED) is 0.307. The summed E-state index contributed by atoms with van der Waals surface area (Å²) in [6.45, 7) is 1.91.